The normalized spacial score (nSPS) is 19.9. The number of likely N-dealkylation sites (tertiary alicyclic amines) is 1. The first-order valence-corrected chi connectivity index (χ1v) is 13.9. The van der Waals surface area contributed by atoms with Gasteiger partial charge in [0.15, 0.2) is 5.60 Å². The number of oxime groups is 1. The van der Waals surface area contributed by atoms with Gasteiger partial charge in [-0.1, -0.05) is 91.0 Å². The van der Waals surface area contributed by atoms with Crippen LogP contribution in [-0.2, 0) is 19.2 Å². The highest BCUT2D eigenvalue weighted by molar-refractivity contribution is 6.03. The van der Waals surface area contributed by atoms with E-state index in [0.29, 0.717) is 24.2 Å². The second kappa shape index (κ2) is 12.2. The summed E-state index contributed by atoms with van der Waals surface area (Å²) in [5.74, 6) is -1.01. The summed E-state index contributed by atoms with van der Waals surface area (Å²) in [7, 11) is 0. The highest BCUT2D eigenvalue weighted by atomic mass is 16.7. The molecule has 1 unspecified atom stereocenters. The van der Waals surface area contributed by atoms with E-state index >= 15 is 0 Å². The number of allylic oxidation sites excluding steroid dienone is 1. The Bertz CT molecular complexity index is 1430. The van der Waals surface area contributed by atoms with Crippen molar-refractivity contribution in [2.24, 2.45) is 10.9 Å². The Hall–Kier alpha value is -4.72. The molecule has 2 heterocycles. The van der Waals surface area contributed by atoms with Crippen LogP contribution in [0.2, 0.25) is 0 Å². The van der Waals surface area contributed by atoms with Crippen LogP contribution in [0.5, 0.6) is 0 Å². The maximum Gasteiger partial charge on any atom is 0.247 e. The monoisotopic (exact) mass is 550 g/mol. The number of carbonyl (C=O) groups excluding carboxylic acids is 3. The zero-order valence-electron chi connectivity index (χ0n) is 23.0. The van der Waals surface area contributed by atoms with E-state index in [4.69, 9.17) is 10.6 Å². The molecule has 0 aliphatic carbocycles. The summed E-state index contributed by atoms with van der Waals surface area (Å²) < 4.78 is 0. The molecule has 0 bridgehead atoms. The van der Waals surface area contributed by atoms with Gasteiger partial charge >= 0.3 is 0 Å². The number of primary amides is 1. The second-order valence-corrected chi connectivity index (χ2v) is 10.6. The van der Waals surface area contributed by atoms with E-state index < -0.39 is 17.6 Å². The molecule has 2 aliphatic heterocycles. The van der Waals surface area contributed by atoms with Crippen molar-refractivity contribution >= 4 is 29.1 Å². The number of hydrogen-bond donors (Lipinski definition) is 2. The Morgan fingerprint density at radius 2 is 1.73 bits per heavy atom. The average Bonchev–Trinajstić information content (AvgIpc) is 3.59. The fraction of sp³-hybridized carbons (Fsp3) is 0.273. The second-order valence-electron chi connectivity index (χ2n) is 10.6. The number of amides is 3. The quantitative estimate of drug-likeness (QED) is 0.374. The summed E-state index contributed by atoms with van der Waals surface area (Å²) in [6, 6.07) is 26.7. The minimum Gasteiger partial charge on any atom is -0.387 e. The number of benzene rings is 3. The molecule has 3 N–H and O–H groups in total. The maximum atomic E-state index is 13.2. The first-order chi connectivity index (χ1) is 19.9. The molecule has 1 fully saturated rings. The zero-order valence-corrected chi connectivity index (χ0v) is 23.0. The van der Waals surface area contributed by atoms with Gasteiger partial charge in [0, 0.05) is 36.4 Å². The molecular formula is C33H34N4O4. The molecule has 1 saturated heterocycles. The van der Waals surface area contributed by atoms with Crippen LogP contribution in [0.4, 0.5) is 5.69 Å². The summed E-state index contributed by atoms with van der Waals surface area (Å²) in [5.41, 5.74) is 9.12. The van der Waals surface area contributed by atoms with Crippen molar-refractivity contribution < 1.29 is 19.2 Å². The van der Waals surface area contributed by atoms with Gasteiger partial charge in [0.25, 0.3) is 0 Å². The van der Waals surface area contributed by atoms with E-state index in [1.165, 1.54) is 11.0 Å². The Labute approximate surface area is 239 Å². The predicted octanol–water partition coefficient (Wildman–Crippen LogP) is 4.76. The lowest BCUT2D eigenvalue weighted by Crippen LogP contribution is -2.43. The maximum absolute atomic E-state index is 13.2. The lowest BCUT2D eigenvalue weighted by molar-refractivity contribution is -0.133. The van der Waals surface area contributed by atoms with Crippen molar-refractivity contribution in [2.75, 3.05) is 11.9 Å². The summed E-state index contributed by atoms with van der Waals surface area (Å²) in [6.07, 6.45) is 4.91. The molecular weight excluding hydrogens is 516 g/mol. The number of carbonyl (C=O) groups is 3. The molecule has 8 nitrogen and oxygen atoms in total. The van der Waals surface area contributed by atoms with Gasteiger partial charge in [0.2, 0.25) is 17.7 Å². The Balaban J connectivity index is 1.27. The number of nitrogens with two attached hydrogens (primary N) is 1. The van der Waals surface area contributed by atoms with Gasteiger partial charge in [0.1, 0.15) is 6.04 Å². The molecule has 2 atom stereocenters. The van der Waals surface area contributed by atoms with Gasteiger partial charge in [-0.2, -0.15) is 0 Å². The third-order valence-electron chi connectivity index (χ3n) is 7.62. The minimum absolute atomic E-state index is 0.0774. The van der Waals surface area contributed by atoms with Crippen LogP contribution in [0.1, 0.15) is 55.2 Å². The molecule has 3 aromatic carbocycles. The largest absolute Gasteiger partial charge is 0.387 e. The Morgan fingerprint density at radius 3 is 2.37 bits per heavy atom. The van der Waals surface area contributed by atoms with Crippen molar-refractivity contribution in [1.82, 2.24) is 4.90 Å². The van der Waals surface area contributed by atoms with Gasteiger partial charge in [-0.15, -0.1) is 0 Å². The van der Waals surface area contributed by atoms with Crippen LogP contribution in [-0.4, -0.2) is 46.5 Å². The van der Waals surface area contributed by atoms with Crippen LogP contribution in [0.25, 0.3) is 0 Å². The molecule has 0 radical (unpaired) electrons. The first kappa shape index (κ1) is 27.8. The molecule has 3 amide bonds. The van der Waals surface area contributed by atoms with Crippen LogP contribution < -0.4 is 11.1 Å². The van der Waals surface area contributed by atoms with Gasteiger partial charge in [-0.25, -0.2) is 0 Å². The minimum atomic E-state index is -0.817. The molecule has 2 aliphatic rings. The van der Waals surface area contributed by atoms with E-state index in [-0.39, 0.29) is 37.1 Å². The summed E-state index contributed by atoms with van der Waals surface area (Å²) in [4.78, 5) is 45.5. The third kappa shape index (κ3) is 6.38. The van der Waals surface area contributed by atoms with Gasteiger partial charge in [-0.05, 0) is 35.8 Å². The van der Waals surface area contributed by atoms with Gasteiger partial charge < -0.3 is 20.8 Å². The van der Waals surface area contributed by atoms with Crippen molar-refractivity contribution in [1.29, 1.82) is 0 Å². The molecule has 0 aromatic heterocycles. The summed E-state index contributed by atoms with van der Waals surface area (Å²) in [6.45, 7) is 2.15. The SMILES string of the molecule is CC/C=C/C(=O)N1CC2(CC(c3cccc(NC(=O)CC(c4ccccc4)c4ccccc4)c3)=NO2)C[C@@H]1C(N)=O. The van der Waals surface area contributed by atoms with Gasteiger partial charge in [-0.3, -0.25) is 14.4 Å². The zero-order chi connectivity index (χ0) is 28.8. The van der Waals surface area contributed by atoms with Crippen LogP contribution in [0.15, 0.2) is 102 Å². The lowest BCUT2D eigenvalue weighted by Gasteiger charge is -2.21. The van der Waals surface area contributed by atoms with Crippen molar-refractivity contribution in [3.05, 3.63) is 114 Å². The van der Waals surface area contributed by atoms with Crippen molar-refractivity contribution in [3.8, 4) is 0 Å². The average molecular weight is 551 g/mol. The highest BCUT2D eigenvalue weighted by Gasteiger charge is 2.53. The fourth-order valence-electron chi connectivity index (χ4n) is 5.59. The standard InChI is InChI=1S/C33H34N4O4/c1-2-3-17-31(39)37-22-33(21-29(37)32(34)40)20-28(36-41-33)25-15-10-16-26(18-25)35-30(38)19-27(23-11-6-4-7-12-23)24-13-8-5-9-14-24/h3-18,27,29H,2,19-22H2,1H3,(H2,34,40)(H,35,38)/b17-3+/t29-,33?/m1/s1. The highest BCUT2D eigenvalue weighted by Crippen LogP contribution is 2.39. The Kier molecular flexibility index (Phi) is 8.29. The summed E-state index contributed by atoms with van der Waals surface area (Å²) >= 11 is 0. The van der Waals surface area contributed by atoms with E-state index in [2.05, 4.69) is 10.5 Å². The van der Waals surface area contributed by atoms with Crippen LogP contribution >= 0.6 is 0 Å². The number of hydrogen-bond acceptors (Lipinski definition) is 5. The van der Waals surface area contributed by atoms with E-state index in [1.54, 1.807) is 6.08 Å². The molecule has 3 aromatic rings. The first-order valence-electron chi connectivity index (χ1n) is 13.9. The smallest absolute Gasteiger partial charge is 0.247 e. The lowest BCUT2D eigenvalue weighted by atomic mass is 9.88. The van der Waals surface area contributed by atoms with Crippen LogP contribution in [0, 0.1) is 0 Å². The third-order valence-corrected chi connectivity index (χ3v) is 7.62. The number of anilines is 1. The molecule has 41 heavy (non-hydrogen) atoms. The Morgan fingerprint density at radius 1 is 1.05 bits per heavy atom. The number of rotatable bonds is 9. The summed E-state index contributed by atoms with van der Waals surface area (Å²) in [5, 5.41) is 7.38. The predicted molar refractivity (Wildman–Crippen MR) is 158 cm³/mol. The molecule has 1 spiro atoms. The molecule has 5 rings (SSSR count). The number of nitrogens with zero attached hydrogens (tertiary/aromatic N) is 2. The molecule has 8 heteroatoms. The molecule has 210 valence electrons. The van der Waals surface area contributed by atoms with Crippen LogP contribution in [0.3, 0.4) is 0 Å². The van der Waals surface area contributed by atoms with E-state index in [9.17, 15) is 14.4 Å². The van der Waals surface area contributed by atoms with Gasteiger partial charge in [0.05, 0.1) is 12.3 Å². The van der Waals surface area contributed by atoms with Crippen molar-refractivity contribution in [2.45, 2.75) is 50.2 Å². The van der Waals surface area contributed by atoms with Crippen molar-refractivity contribution in [3.63, 3.8) is 0 Å². The topological polar surface area (TPSA) is 114 Å². The molecule has 0 saturated carbocycles. The fourth-order valence-corrected chi connectivity index (χ4v) is 5.59. The van der Waals surface area contributed by atoms with E-state index in [0.717, 1.165) is 16.7 Å². The number of nitrogens with one attached hydrogen (secondary N) is 1. The van der Waals surface area contributed by atoms with E-state index in [1.807, 2.05) is 91.9 Å².